The fourth-order valence-corrected chi connectivity index (χ4v) is 1.95. The zero-order valence-electron chi connectivity index (χ0n) is 10.7. The number of hydrogen-bond donors (Lipinski definition) is 2. The number of benzene rings is 1. The molecule has 1 aromatic rings. The van der Waals surface area contributed by atoms with Gasteiger partial charge in [-0.15, -0.1) is 0 Å². The van der Waals surface area contributed by atoms with E-state index < -0.39 is 4.92 Å². The Bertz CT molecular complexity index is 408. The van der Waals surface area contributed by atoms with Gasteiger partial charge in [0.1, 0.15) is 5.69 Å². The Morgan fingerprint density at radius 3 is 2.61 bits per heavy atom. The topological polar surface area (TPSA) is 59.6 Å². The number of nitrogens with one attached hydrogen (secondary N) is 2. The average molecular weight is 273 g/mol. The lowest BCUT2D eigenvalue weighted by Crippen LogP contribution is -3.12. The zero-order valence-corrected chi connectivity index (χ0v) is 11.5. The van der Waals surface area contributed by atoms with Crippen LogP contribution < -0.4 is 10.2 Å². The molecule has 0 aromatic heterocycles. The highest BCUT2D eigenvalue weighted by Crippen LogP contribution is 2.27. The molecule has 0 aliphatic carbocycles. The summed E-state index contributed by atoms with van der Waals surface area (Å²) in [6, 6.07) is 4.67. The van der Waals surface area contributed by atoms with E-state index in [1.807, 2.05) is 0 Å². The monoisotopic (exact) mass is 272 g/mol. The van der Waals surface area contributed by atoms with E-state index in [-0.39, 0.29) is 5.69 Å². The molecule has 0 saturated carbocycles. The van der Waals surface area contributed by atoms with Gasteiger partial charge in [-0.2, -0.15) is 0 Å². The Kier molecular flexibility index (Phi) is 5.88. The van der Waals surface area contributed by atoms with Crippen molar-refractivity contribution in [3.05, 3.63) is 33.3 Å². The Morgan fingerprint density at radius 1 is 1.39 bits per heavy atom. The SMILES string of the molecule is CC[NH+](CC)CCNc1ccc(Cl)cc1[N+](=O)[O-]. The summed E-state index contributed by atoms with van der Waals surface area (Å²) >= 11 is 5.75. The molecule has 1 rings (SSSR count). The van der Waals surface area contributed by atoms with Crippen molar-refractivity contribution in [2.75, 3.05) is 31.5 Å². The molecule has 0 atom stereocenters. The maximum atomic E-state index is 10.9. The van der Waals surface area contributed by atoms with Gasteiger partial charge in [-0.25, -0.2) is 0 Å². The number of quaternary nitrogens is 1. The minimum absolute atomic E-state index is 0.0250. The van der Waals surface area contributed by atoms with Crippen LogP contribution in [0.4, 0.5) is 11.4 Å². The third kappa shape index (κ3) is 4.16. The Balaban J connectivity index is 2.64. The van der Waals surface area contributed by atoms with Gasteiger partial charge in [0, 0.05) is 11.1 Å². The number of hydrogen-bond acceptors (Lipinski definition) is 3. The van der Waals surface area contributed by atoms with Gasteiger partial charge in [0.05, 0.1) is 31.1 Å². The molecule has 0 aliphatic rings. The lowest BCUT2D eigenvalue weighted by atomic mass is 10.2. The predicted molar refractivity (Wildman–Crippen MR) is 73.5 cm³/mol. The maximum Gasteiger partial charge on any atom is 0.293 e. The number of nitrogens with zero attached hydrogens (tertiary/aromatic N) is 1. The van der Waals surface area contributed by atoms with Crippen LogP contribution in [0.15, 0.2) is 18.2 Å². The first-order valence-electron chi connectivity index (χ1n) is 6.09. The second-order valence-corrected chi connectivity index (χ2v) is 4.49. The molecule has 0 spiro atoms. The molecule has 18 heavy (non-hydrogen) atoms. The summed E-state index contributed by atoms with van der Waals surface area (Å²) in [5, 5.41) is 14.4. The van der Waals surface area contributed by atoms with Crippen LogP contribution in [0.2, 0.25) is 5.02 Å². The summed E-state index contributed by atoms with van der Waals surface area (Å²) in [5.74, 6) is 0. The molecule has 0 amide bonds. The van der Waals surface area contributed by atoms with E-state index in [9.17, 15) is 10.1 Å². The summed E-state index contributed by atoms with van der Waals surface area (Å²) in [6.07, 6.45) is 0. The molecule has 0 fully saturated rings. The fraction of sp³-hybridized carbons (Fsp3) is 0.500. The van der Waals surface area contributed by atoms with Crippen molar-refractivity contribution >= 4 is 23.0 Å². The fourth-order valence-electron chi connectivity index (χ4n) is 1.78. The highest BCUT2D eigenvalue weighted by molar-refractivity contribution is 6.30. The number of anilines is 1. The number of halogens is 1. The van der Waals surface area contributed by atoms with Crippen LogP contribution in [0.3, 0.4) is 0 Å². The molecule has 0 heterocycles. The third-order valence-corrected chi connectivity index (χ3v) is 3.19. The lowest BCUT2D eigenvalue weighted by molar-refractivity contribution is -0.894. The molecule has 0 bridgehead atoms. The van der Waals surface area contributed by atoms with Gasteiger partial charge in [-0.05, 0) is 26.0 Å². The first-order chi connectivity index (χ1) is 8.58. The molecule has 5 nitrogen and oxygen atoms in total. The second-order valence-electron chi connectivity index (χ2n) is 4.05. The molecule has 1 aromatic carbocycles. The summed E-state index contributed by atoms with van der Waals surface area (Å²) in [7, 11) is 0. The lowest BCUT2D eigenvalue weighted by Gasteiger charge is -2.15. The van der Waals surface area contributed by atoms with E-state index >= 15 is 0 Å². The van der Waals surface area contributed by atoms with Crippen molar-refractivity contribution < 1.29 is 9.82 Å². The van der Waals surface area contributed by atoms with Gasteiger partial charge in [0.2, 0.25) is 0 Å². The first-order valence-corrected chi connectivity index (χ1v) is 6.47. The van der Waals surface area contributed by atoms with Crippen molar-refractivity contribution in [1.82, 2.24) is 0 Å². The van der Waals surface area contributed by atoms with Gasteiger partial charge in [0.25, 0.3) is 5.69 Å². The van der Waals surface area contributed by atoms with Crippen LogP contribution in [0.25, 0.3) is 0 Å². The Labute approximate surface area is 112 Å². The van der Waals surface area contributed by atoms with E-state index in [4.69, 9.17) is 11.6 Å². The molecule has 0 aliphatic heterocycles. The summed E-state index contributed by atoms with van der Waals surface area (Å²) < 4.78 is 0. The van der Waals surface area contributed by atoms with Crippen molar-refractivity contribution in [3.63, 3.8) is 0 Å². The molecular weight excluding hydrogens is 254 g/mol. The average Bonchev–Trinajstić information content (AvgIpc) is 2.36. The van der Waals surface area contributed by atoms with Gasteiger partial charge in [-0.1, -0.05) is 11.6 Å². The van der Waals surface area contributed by atoms with Gasteiger partial charge < -0.3 is 10.2 Å². The number of nitro benzene ring substituents is 1. The summed E-state index contributed by atoms with van der Waals surface area (Å²) in [6.45, 7) is 8.02. The quantitative estimate of drug-likeness (QED) is 0.585. The molecule has 6 heteroatoms. The van der Waals surface area contributed by atoms with E-state index in [0.29, 0.717) is 17.3 Å². The van der Waals surface area contributed by atoms with Gasteiger partial charge >= 0.3 is 0 Å². The van der Waals surface area contributed by atoms with E-state index in [1.54, 1.807) is 12.1 Å². The van der Waals surface area contributed by atoms with E-state index in [0.717, 1.165) is 19.6 Å². The van der Waals surface area contributed by atoms with E-state index in [2.05, 4.69) is 19.2 Å². The van der Waals surface area contributed by atoms with Crippen molar-refractivity contribution in [2.24, 2.45) is 0 Å². The molecule has 2 N–H and O–H groups in total. The van der Waals surface area contributed by atoms with Crippen molar-refractivity contribution in [1.29, 1.82) is 0 Å². The zero-order chi connectivity index (χ0) is 13.5. The molecule has 0 saturated heterocycles. The van der Waals surface area contributed by atoms with Crippen molar-refractivity contribution in [3.8, 4) is 0 Å². The van der Waals surface area contributed by atoms with E-state index in [1.165, 1.54) is 11.0 Å². The molecule has 100 valence electrons. The number of nitro groups is 1. The maximum absolute atomic E-state index is 10.9. The minimum atomic E-state index is -0.418. The number of likely N-dealkylation sites (N-methyl/N-ethyl adjacent to an activating group) is 1. The highest BCUT2D eigenvalue weighted by atomic mass is 35.5. The second kappa shape index (κ2) is 7.18. The Morgan fingerprint density at radius 2 is 2.06 bits per heavy atom. The van der Waals surface area contributed by atoms with Crippen LogP contribution in [0.1, 0.15) is 13.8 Å². The van der Waals surface area contributed by atoms with Crippen LogP contribution in [0, 0.1) is 10.1 Å². The highest BCUT2D eigenvalue weighted by Gasteiger charge is 2.14. The van der Waals surface area contributed by atoms with Crippen LogP contribution >= 0.6 is 11.6 Å². The van der Waals surface area contributed by atoms with Crippen molar-refractivity contribution in [2.45, 2.75) is 13.8 Å². The summed E-state index contributed by atoms with van der Waals surface area (Å²) in [5.41, 5.74) is 0.549. The first kappa shape index (κ1) is 14.7. The summed E-state index contributed by atoms with van der Waals surface area (Å²) in [4.78, 5) is 11.9. The molecular formula is C12H19ClN3O2+. The van der Waals surface area contributed by atoms with Crippen LogP contribution in [-0.4, -0.2) is 31.1 Å². The molecule has 0 radical (unpaired) electrons. The Hall–Kier alpha value is -1.33. The minimum Gasteiger partial charge on any atom is -0.374 e. The van der Waals surface area contributed by atoms with Gasteiger partial charge in [-0.3, -0.25) is 10.1 Å². The predicted octanol–water partition coefficient (Wildman–Crippen LogP) is 1.58. The van der Waals surface area contributed by atoms with Crippen LogP contribution in [-0.2, 0) is 0 Å². The molecule has 0 unspecified atom stereocenters. The largest absolute Gasteiger partial charge is 0.374 e. The standard InChI is InChI=1S/C12H18ClN3O2/c1-3-15(4-2)8-7-14-11-6-5-10(13)9-12(11)16(17)18/h5-6,9,14H,3-4,7-8H2,1-2H3/p+1. The van der Waals surface area contributed by atoms with Crippen LogP contribution in [0.5, 0.6) is 0 Å². The van der Waals surface area contributed by atoms with Gasteiger partial charge in [0.15, 0.2) is 0 Å². The normalized spacial score (nSPS) is 10.7. The smallest absolute Gasteiger partial charge is 0.293 e. The number of rotatable bonds is 7. The third-order valence-electron chi connectivity index (χ3n) is 2.95.